The van der Waals surface area contributed by atoms with Gasteiger partial charge in [0.1, 0.15) is 6.04 Å². The van der Waals surface area contributed by atoms with Gasteiger partial charge in [-0.2, -0.15) is 13.2 Å². The van der Waals surface area contributed by atoms with Crippen molar-refractivity contribution in [2.24, 2.45) is 0 Å². The van der Waals surface area contributed by atoms with Gasteiger partial charge >= 0.3 is 12.1 Å². The first kappa shape index (κ1) is 17.2. The highest BCUT2D eigenvalue weighted by Crippen LogP contribution is 2.16. The minimum atomic E-state index is -4.21. The number of carbonyl (C=O) groups excluding carboxylic acids is 1. The molecular formula is C11H21F3N2O2. The number of hydrogen-bond donors (Lipinski definition) is 1. The molecule has 0 saturated heterocycles. The van der Waals surface area contributed by atoms with Crippen molar-refractivity contribution in [1.82, 2.24) is 10.2 Å². The van der Waals surface area contributed by atoms with Gasteiger partial charge in [-0.3, -0.25) is 9.69 Å². The summed E-state index contributed by atoms with van der Waals surface area (Å²) in [5, 5.41) is 2.75. The van der Waals surface area contributed by atoms with Crippen LogP contribution in [0.15, 0.2) is 0 Å². The Labute approximate surface area is 105 Å². The number of likely N-dealkylation sites (N-methyl/N-ethyl adjacent to an activating group) is 1. The molecule has 0 radical (unpaired) electrons. The first-order chi connectivity index (χ1) is 8.34. The van der Waals surface area contributed by atoms with E-state index in [4.69, 9.17) is 4.74 Å². The fraction of sp³-hybridized carbons (Fsp3) is 0.909. The molecule has 1 atom stereocenters. The highest BCUT2D eigenvalue weighted by atomic mass is 19.4. The zero-order valence-corrected chi connectivity index (χ0v) is 11.0. The molecule has 0 fully saturated rings. The van der Waals surface area contributed by atoms with Gasteiger partial charge < -0.3 is 10.1 Å². The average molecular weight is 270 g/mol. The Kier molecular flexibility index (Phi) is 7.93. The van der Waals surface area contributed by atoms with E-state index < -0.39 is 24.7 Å². The summed E-state index contributed by atoms with van der Waals surface area (Å²) in [5.74, 6) is -0.428. The molecule has 0 aromatic rings. The Morgan fingerprint density at radius 2 is 2.00 bits per heavy atom. The molecule has 0 aliphatic rings. The van der Waals surface area contributed by atoms with Gasteiger partial charge in [0.2, 0.25) is 0 Å². The van der Waals surface area contributed by atoms with Gasteiger partial charge in [-0.25, -0.2) is 0 Å². The zero-order valence-electron chi connectivity index (χ0n) is 11.0. The van der Waals surface area contributed by atoms with Crippen molar-refractivity contribution in [2.75, 3.05) is 33.3 Å². The maximum Gasteiger partial charge on any atom is 0.401 e. The quantitative estimate of drug-likeness (QED) is 0.677. The van der Waals surface area contributed by atoms with Gasteiger partial charge in [-0.05, 0) is 26.9 Å². The first-order valence-electron chi connectivity index (χ1n) is 5.97. The Bertz CT molecular complexity index is 247. The summed E-state index contributed by atoms with van der Waals surface area (Å²) >= 11 is 0. The van der Waals surface area contributed by atoms with Crippen LogP contribution < -0.4 is 5.32 Å². The number of carbonyl (C=O) groups is 1. The molecule has 0 rings (SSSR count). The van der Waals surface area contributed by atoms with E-state index in [9.17, 15) is 18.0 Å². The molecule has 0 saturated carbocycles. The molecule has 0 amide bonds. The Hall–Kier alpha value is -0.820. The van der Waals surface area contributed by atoms with Crippen molar-refractivity contribution in [1.29, 1.82) is 0 Å². The van der Waals surface area contributed by atoms with E-state index in [1.165, 1.54) is 4.90 Å². The molecule has 0 aliphatic carbocycles. The maximum absolute atomic E-state index is 12.2. The number of nitrogens with one attached hydrogen (secondary N) is 1. The van der Waals surface area contributed by atoms with Crippen LogP contribution >= 0.6 is 0 Å². The van der Waals surface area contributed by atoms with E-state index in [0.717, 1.165) is 0 Å². The highest BCUT2D eigenvalue weighted by Gasteiger charge is 2.30. The van der Waals surface area contributed by atoms with Gasteiger partial charge in [-0.1, -0.05) is 6.92 Å². The van der Waals surface area contributed by atoms with Crippen LogP contribution in [-0.2, 0) is 9.53 Å². The number of ether oxygens (including phenoxy) is 1. The second-order valence-corrected chi connectivity index (χ2v) is 3.87. The monoisotopic (exact) mass is 270 g/mol. The SMILES string of the molecule is CCOC(=O)C(CCN(CC)CC(F)(F)F)NC. The Morgan fingerprint density at radius 1 is 1.39 bits per heavy atom. The summed E-state index contributed by atoms with van der Waals surface area (Å²) in [4.78, 5) is 12.7. The maximum atomic E-state index is 12.2. The molecule has 0 aromatic heterocycles. The van der Waals surface area contributed by atoms with Crippen LogP contribution in [0.4, 0.5) is 13.2 Å². The van der Waals surface area contributed by atoms with Crippen LogP contribution in [0, 0.1) is 0 Å². The third-order valence-electron chi connectivity index (χ3n) is 2.50. The van der Waals surface area contributed by atoms with E-state index in [1.54, 1.807) is 20.9 Å². The second-order valence-electron chi connectivity index (χ2n) is 3.87. The number of esters is 1. The highest BCUT2D eigenvalue weighted by molar-refractivity contribution is 5.75. The molecule has 0 aromatic carbocycles. The molecule has 1 N–H and O–H groups in total. The third kappa shape index (κ3) is 7.50. The minimum absolute atomic E-state index is 0.195. The van der Waals surface area contributed by atoms with Crippen LogP contribution in [0.25, 0.3) is 0 Å². The molecule has 0 aliphatic heterocycles. The fourth-order valence-electron chi connectivity index (χ4n) is 1.54. The van der Waals surface area contributed by atoms with Crippen LogP contribution in [0.3, 0.4) is 0 Å². The van der Waals surface area contributed by atoms with E-state index in [0.29, 0.717) is 13.0 Å². The lowest BCUT2D eigenvalue weighted by Crippen LogP contribution is -2.41. The standard InChI is InChI=1S/C11H21F3N2O2/c1-4-16(8-11(12,13)14)7-6-9(15-3)10(17)18-5-2/h9,15H,4-8H2,1-3H3. The van der Waals surface area contributed by atoms with Crippen molar-refractivity contribution >= 4 is 5.97 Å². The van der Waals surface area contributed by atoms with Gasteiger partial charge in [0.15, 0.2) is 0 Å². The molecule has 18 heavy (non-hydrogen) atoms. The van der Waals surface area contributed by atoms with Gasteiger partial charge in [-0.15, -0.1) is 0 Å². The van der Waals surface area contributed by atoms with Gasteiger partial charge in [0, 0.05) is 6.54 Å². The summed E-state index contributed by atoms with van der Waals surface area (Å²) in [5.41, 5.74) is 0. The van der Waals surface area contributed by atoms with Gasteiger partial charge in [0.05, 0.1) is 13.2 Å². The average Bonchev–Trinajstić information content (AvgIpc) is 2.27. The van der Waals surface area contributed by atoms with Gasteiger partial charge in [0.25, 0.3) is 0 Å². The van der Waals surface area contributed by atoms with Crippen LogP contribution in [0.2, 0.25) is 0 Å². The summed E-state index contributed by atoms with van der Waals surface area (Å²) in [6, 6.07) is -0.563. The van der Waals surface area contributed by atoms with Crippen molar-refractivity contribution in [3.63, 3.8) is 0 Å². The largest absolute Gasteiger partial charge is 0.465 e. The summed E-state index contributed by atoms with van der Waals surface area (Å²) in [6.07, 6.45) is -3.92. The number of alkyl halides is 3. The molecule has 108 valence electrons. The normalized spacial score (nSPS) is 13.7. The van der Waals surface area contributed by atoms with E-state index in [-0.39, 0.29) is 13.2 Å². The summed E-state index contributed by atoms with van der Waals surface area (Å²) < 4.78 is 41.5. The Morgan fingerprint density at radius 3 is 2.39 bits per heavy atom. The van der Waals surface area contributed by atoms with Crippen LogP contribution in [0.1, 0.15) is 20.3 Å². The van der Waals surface area contributed by atoms with Crippen LogP contribution in [0.5, 0.6) is 0 Å². The predicted octanol–water partition coefficient (Wildman–Crippen LogP) is 1.41. The molecule has 0 heterocycles. The molecule has 0 bridgehead atoms. The number of nitrogens with zero attached hydrogens (tertiary/aromatic N) is 1. The summed E-state index contributed by atoms with van der Waals surface area (Å²) in [7, 11) is 1.58. The van der Waals surface area contributed by atoms with Crippen molar-refractivity contribution in [3.05, 3.63) is 0 Å². The third-order valence-corrected chi connectivity index (χ3v) is 2.50. The van der Waals surface area contributed by atoms with E-state index in [2.05, 4.69) is 5.32 Å². The molecule has 4 nitrogen and oxygen atoms in total. The van der Waals surface area contributed by atoms with Crippen molar-refractivity contribution < 1.29 is 22.7 Å². The molecular weight excluding hydrogens is 249 g/mol. The molecule has 1 unspecified atom stereocenters. The predicted molar refractivity (Wildman–Crippen MR) is 62.3 cm³/mol. The smallest absolute Gasteiger partial charge is 0.401 e. The molecule has 7 heteroatoms. The number of hydrogen-bond acceptors (Lipinski definition) is 4. The Balaban J connectivity index is 4.20. The summed E-state index contributed by atoms with van der Waals surface area (Å²) in [6.45, 7) is 3.13. The minimum Gasteiger partial charge on any atom is -0.465 e. The zero-order chi connectivity index (χ0) is 14.2. The first-order valence-corrected chi connectivity index (χ1v) is 5.97. The van der Waals surface area contributed by atoms with E-state index in [1.807, 2.05) is 0 Å². The van der Waals surface area contributed by atoms with Crippen LogP contribution in [-0.4, -0.2) is 56.4 Å². The number of rotatable bonds is 8. The van der Waals surface area contributed by atoms with E-state index >= 15 is 0 Å². The van der Waals surface area contributed by atoms with Crippen molar-refractivity contribution in [2.45, 2.75) is 32.5 Å². The lowest BCUT2D eigenvalue weighted by molar-refractivity contribution is -0.148. The van der Waals surface area contributed by atoms with Crippen molar-refractivity contribution in [3.8, 4) is 0 Å². The lowest BCUT2D eigenvalue weighted by Gasteiger charge is -2.23. The second kappa shape index (κ2) is 8.31. The topological polar surface area (TPSA) is 41.6 Å². The fourth-order valence-corrected chi connectivity index (χ4v) is 1.54. The number of halogens is 3. The lowest BCUT2D eigenvalue weighted by atomic mass is 10.2. The molecule has 0 spiro atoms.